The average molecular weight is 372 g/mol. The molecule has 1 aromatic heterocycles. The maximum Gasteiger partial charge on any atom is 0.318 e. The van der Waals surface area contributed by atoms with Crippen LogP contribution < -0.4 is 10.1 Å². The maximum atomic E-state index is 12.5. The van der Waals surface area contributed by atoms with Gasteiger partial charge < -0.3 is 19.5 Å². The highest BCUT2D eigenvalue weighted by atomic mass is 16.5. The van der Waals surface area contributed by atoms with Crippen LogP contribution in [-0.4, -0.2) is 69.9 Å². The summed E-state index contributed by atoms with van der Waals surface area (Å²) in [7, 11) is 0. The summed E-state index contributed by atoms with van der Waals surface area (Å²) in [5.41, 5.74) is 0. The molecule has 0 aliphatic carbocycles. The largest absolute Gasteiger partial charge is 0.492 e. The van der Waals surface area contributed by atoms with Gasteiger partial charge in [0.1, 0.15) is 18.7 Å². The normalized spacial score (nSPS) is 16.1. The molecular weight excluding hydrogens is 344 g/mol. The number of hydrogen-bond donors (Lipinski definition) is 1. The molecule has 146 valence electrons. The number of aromatic nitrogens is 3. The van der Waals surface area contributed by atoms with Crippen LogP contribution in [0.25, 0.3) is 0 Å². The summed E-state index contributed by atoms with van der Waals surface area (Å²) in [6.45, 7) is 9.39. The van der Waals surface area contributed by atoms with E-state index in [9.17, 15) is 4.79 Å². The molecule has 2 aromatic rings. The predicted octanol–water partition coefficient (Wildman–Crippen LogP) is 1.77. The quantitative estimate of drug-likeness (QED) is 0.802. The molecule has 2 amide bonds. The summed E-state index contributed by atoms with van der Waals surface area (Å²) in [6.07, 6.45) is 1.69. The second-order valence-electron chi connectivity index (χ2n) is 6.64. The number of ether oxygens (including phenoxy) is 1. The maximum absolute atomic E-state index is 12.5. The van der Waals surface area contributed by atoms with Gasteiger partial charge in [-0.3, -0.25) is 4.90 Å². The molecule has 1 aliphatic heterocycles. The molecule has 1 fully saturated rings. The van der Waals surface area contributed by atoms with Gasteiger partial charge in [0.25, 0.3) is 0 Å². The first kappa shape index (κ1) is 19.2. The molecule has 8 nitrogen and oxygen atoms in total. The molecule has 3 rings (SSSR count). The first-order chi connectivity index (χ1) is 13.2. The minimum Gasteiger partial charge on any atom is -0.492 e. The van der Waals surface area contributed by atoms with Gasteiger partial charge in [0.15, 0.2) is 5.82 Å². The highest BCUT2D eigenvalue weighted by Crippen LogP contribution is 2.11. The number of hydrogen-bond acceptors (Lipinski definition) is 5. The third-order valence-electron chi connectivity index (χ3n) is 4.79. The van der Waals surface area contributed by atoms with Gasteiger partial charge in [0, 0.05) is 39.3 Å². The van der Waals surface area contributed by atoms with Crippen LogP contribution in [0.2, 0.25) is 0 Å². The van der Waals surface area contributed by atoms with Crippen LogP contribution in [0.3, 0.4) is 0 Å². The van der Waals surface area contributed by atoms with E-state index in [0.29, 0.717) is 19.7 Å². The van der Waals surface area contributed by atoms with Crippen molar-refractivity contribution < 1.29 is 9.53 Å². The van der Waals surface area contributed by atoms with Gasteiger partial charge in [0.05, 0.1) is 6.04 Å². The van der Waals surface area contributed by atoms with E-state index in [4.69, 9.17) is 4.74 Å². The highest BCUT2D eigenvalue weighted by molar-refractivity contribution is 5.74. The molecule has 0 saturated carbocycles. The van der Waals surface area contributed by atoms with Crippen molar-refractivity contribution in [2.45, 2.75) is 26.4 Å². The average Bonchev–Trinajstić information content (AvgIpc) is 3.18. The summed E-state index contributed by atoms with van der Waals surface area (Å²) in [5.74, 6) is 1.67. The van der Waals surface area contributed by atoms with Crippen LogP contribution in [0.15, 0.2) is 36.7 Å². The summed E-state index contributed by atoms with van der Waals surface area (Å²) in [6, 6.07) is 9.62. The van der Waals surface area contributed by atoms with Gasteiger partial charge in [-0.05, 0) is 26.0 Å². The minimum absolute atomic E-state index is 0.0478. The lowest BCUT2D eigenvalue weighted by atomic mass is 10.3. The molecule has 1 N–H and O–H groups in total. The van der Waals surface area contributed by atoms with Gasteiger partial charge in [-0.25, -0.2) is 4.79 Å². The first-order valence-electron chi connectivity index (χ1n) is 9.50. The van der Waals surface area contributed by atoms with Crippen LogP contribution in [0.1, 0.15) is 25.7 Å². The number of benzene rings is 1. The van der Waals surface area contributed by atoms with E-state index in [0.717, 1.165) is 37.8 Å². The van der Waals surface area contributed by atoms with Crippen molar-refractivity contribution in [3.05, 3.63) is 42.5 Å². The number of para-hydroxylation sites is 1. The lowest BCUT2D eigenvalue weighted by molar-refractivity contribution is 0.124. The Hall–Kier alpha value is -2.61. The zero-order valence-electron chi connectivity index (χ0n) is 16.0. The molecule has 1 aromatic carbocycles. The molecule has 1 atom stereocenters. The zero-order valence-corrected chi connectivity index (χ0v) is 16.0. The van der Waals surface area contributed by atoms with Crippen molar-refractivity contribution in [1.29, 1.82) is 0 Å². The fraction of sp³-hybridized carbons (Fsp3) is 0.526. The molecule has 0 radical (unpaired) electrons. The third-order valence-corrected chi connectivity index (χ3v) is 4.79. The predicted molar refractivity (Wildman–Crippen MR) is 103 cm³/mol. The van der Waals surface area contributed by atoms with Gasteiger partial charge in [-0.1, -0.05) is 18.2 Å². The monoisotopic (exact) mass is 372 g/mol. The van der Waals surface area contributed by atoms with Crippen LogP contribution >= 0.6 is 0 Å². The summed E-state index contributed by atoms with van der Waals surface area (Å²) >= 11 is 0. The first-order valence-corrected chi connectivity index (χ1v) is 9.50. The molecule has 0 spiro atoms. The third kappa shape index (κ3) is 5.19. The molecule has 2 heterocycles. The number of aryl methyl sites for hydroxylation is 1. The van der Waals surface area contributed by atoms with E-state index in [-0.39, 0.29) is 12.1 Å². The zero-order chi connectivity index (χ0) is 19.1. The second kappa shape index (κ2) is 9.36. The minimum atomic E-state index is -0.169. The molecule has 0 bridgehead atoms. The lowest BCUT2D eigenvalue weighted by Gasteiger charge is -2.35. The Kier molecular flexibility index (Phi) is 6.64. The van der Waals surface area contributed by atoms with Crippen molar-refractivity contribution in [3.8, 4) is 5.75 Å². The SMILES string of the molecule is CCn1cnnc1C(C)NC(=O)N1CCN(CCOc2ccccc2)CC1. The molecule has 1 unspecified atom stereocenters. The van der Waals surface area contributed by atoms with Crippen LogP contribution in [0.4, 0.5) is 4.79 Å². The van der Waals surface area contributed by atoms with Crippen LogP contribution in [0, 0.1) is 0 Å². The Labute approximate surface area is 160 Å². The standard InChI is InChI=1S/C19H28N6O2/c1-3-24-15-20-22-18(24)16(2)21-19(26)25-11-9-23(10-12-25)13-14-27-17-7-5-4-6-8-17/h4-8,15-16H,3,9-14H2,1-2H3,(H,21,26). The fourth-order valence-electron chi connectivity index (χ4n) is 3.17. The van der Waals surface area contributed by atoms with Gasteiger partial charge in [-0.2, -0.15) is 0 Å². The van der Waals surface area contributed by atoms with Gasteiger partial charge in [-0.15, -0.1) is 10.2 Å². The molecule has 1 aliphatic rings. The van der Waals surface area contributed by atoms with E-state index in [1.807, 2.05) is 53.6 Å². The molecule has 1 saturated heterocycles. The summed E-state index contributed by atoms with van der Waals surface area (Å²) < 4.78 is 7.69. The number of carbonyl (C=O) groups is 1. The number of amides is 2. The Morgan fingerprint density at radius 3 is 2.67 bits per heavy atom. The summed E-state index contributed by atoms with van der Waals surface area (Å²) in [5, 5.41) is 11.1. The second-order valence-corrected chi connectivity index (χ2v) is 6.64. The van der Waals surface area contributed by atoms with Crippen LogP contribution in [-0.2, 0) is 6.54 Å². The van der Waals surface area contributed by atoms with Crippen molar-refractivity contribution in [1.82, 2.24) is 29.9 Å². The Balaban J connectivity index is 1.38. The Morgan fingerprint density at radius 2 is 1.96 bits per heavy atom. The van der Waals surface area contributed by atoms with E-state index in [2.05, 4.69) is 20.4 Å². The molecule has 8 heteroatoms. The van der Waals surface area contributed by atoms with Gasteiger partial charge >= 0.3 is 6.03 Å². The summed E-state index contributed by atoms with van der Waals surface area (Å²) in [4.78, 5) is 16.7. The van der Waals surface area contributed by atoms with Crippen molar-refractivity contribution in [2.24, 2.45) is 0 Å². The van der Waals surface area contributed by atoms with Crippen molar-refractivity contribution in [2.75, 3.05) is 39.3 Å². The topological polar surface area (TPSA) is 75.5 Å². The number of piperazine rings is 1. The number of rotatable bonds is 7. The number of nitrogens with one attached hydrogen (secondary N) is 1. The van der Waals surface area contributed by atoms with E-state index in [1.54, 1.807) is 6.33 Å². The molecular formula is C19H28N6O2. The van der Waals surface area contributed by atoms with E-state index < -0.39 is 0 Å². The van der Waals surface area contributed by atoms with E-state index >= 15 is 0 Å². The smallest absolute Gasteiger partial charge is 0.318 e. The van der Waals surface area contributed by atoms with Gasteiger partial charge in [0.2, 0.25) is 0 Å². The number of urea groups is 1. The Morgan fingerprint density at radius 1 is 1.22 bits per heavy atom. The van der Waals surface area contributed by atoms with E-state index in [1.165, 1.54) is 0 Å². The fourth-order valence-corrected chi connectivity index (χ4v) is 3.17. The number of nitrogens with zero attached hydrogens (tertiary/aromatic N) is 5. The van der Waals surface area contributed by atoms with Crippen molar-refractivity contribution in [3.63, 3.8) is 0 Å². The van der Waals surface area contributed by atoms with Crippen molar-refractivity contribution >= 4 is 6.03 Å². The molecule has 27 heavy (non-hydrogen) atoms. The lowest BCUT2D eigenvalue weighted by Crippen LogP contribution is -2.52. The van der Waals surface area contributed by atoms with Crippen LogP contribution in [0.5, 0.6) is 5.75 Å². The number of carbonyl (C=O) groups excluding carboxylic acids is 1. The highest BCUT2D eigenvalue weighted by Gasteiger charge is 2.23. The Bertz CT molecular complexity index is 712.